The number of halogens is 1. The predicted molar refractivity (Wildman–Crippen MR) is 55.1 cm³/mol. The summed E-state index contributed by atoms with van der Waals surface area (Å²) < 4.78 is 1.04. The second-order valence-corrected chi connectivity index (χ2v) is 3.70. The van der Waals surface area contributed by atoms with E-state index >= 15 is 0 Å². The largest absolute Gasteiger partial charge is 0.0818 e. The van der Waals surface area contributed by atoms with E-state index in [-0.39, 0.29) is 6.04 Å². The Morgan fingerprint density at radius 3 is 3.08 bits per heavy atom. The molecule has 64 valence electrons. The zero-order valence-electron chi connectivity index (χ0n) is 6.68. The fourth-order valence-electron chi connectivity index (χ4n) is 1.41. The van der Waals surface area contributed by atoms with E-state index in [2.05, 4.69) is 26.0 Å². The summed E-state index contributed by atoms with van der Waals surface area (Å²) in [5.74, 6) is 0. The smallest absolute Gasteiger partial charge is 0.0815 e. The molecule has 0 heterocycles. The maximum atomic E-state index is 8.32. The molecule has 3 nitrogen and oxygen atoms in total. The van der Waals surface area contributed by atoms with Crippen molar-refractivity contribution in [1.29, 1.82) is 0 Å². The maximum Gasteiger partial charge on any atom is 0.0815 e. The van der Waals surface area contributed by atoms with Gasteiger partial charge < -0.3 is 0 Å². The van der Waals surface area contributed by atoms with Crippen molar-refractivity contribution in [3.05, 3.63) is 50.3 Å². The van der Waals surface area contributed by atoms with Crippen LogP contribution in [0.3, 0.4) is 0 Å². The van der Waals surface area contributed by atoms with Crippen LogP contribution in [-0.2, 0) is 0 Å². The second kappa shape index (κ2) is 3.24. The Morgan fingerprint density at radius 1 is 1.46 bits per heavy atom. The van der Waals surface area contributed by atoms with Gasteiger partial charge in [0.2, 0.25) is 0 Å². The standard InChI is InChI=1S/C9H6BrN3/c10-7-2-3-8-6(5-7)1-4-9(8)12-13-11/h1-5,9H/t9-/m0/s1. The lowest BCUT2D eigenvalue weighted by Crippen LogP contribution is -1.87. The average Bonchev–Trinajstić information content (AvgIpc) is 2.49. The molecule has 1 aliphatic rings. The number of hydrogen-bond donors (Lipinski definition) is 0. The highest BCUT2D eigenvalue weighted by Gasteiger charge is 2.14. The Labute approximate surface area is 83.8 Å². The first-order valence-electron chi connectivity index (χ1n) is 3.83. The van der Waals surface area contributed by atoms with Crippen LogP contribution in [-0.4, -0.2) is 0 Å². The van der Waals surface area contributed by atoms with Gasteiger partial charge in [0, 0.05) is 9.38 Å². The Kier molecular flexibility index (Phi) is 2.08. The van der Waals surface area contributed by atoms with Crippen molar-refractivity contribution >= 4 is 22.0 Å². The topological polar surface area (TPSA) is 48.8 Å². The van der Waals surface area contributed by atoms with Gasteiger partial charge in [0.15, 0.2) is 0 Å². The second-order valence-electron chi connectivity index (χ2n) is 2.78. The third-order valence-corrected chi connectivity index (χ3v) is 2.49. The molecule has 0 unspecified atom stereocenters. The first-order valence-corrected chi connectivity index (χ1v) is 4.62. The molecule has 0 N–H and O–H groups in total. The van der Waals surface area contributed by atoms with Crippen LogP contribution >= 0.6 is 15.9 Å². The van der Waals surface area contributed by atoms with Crippen molar-refractivity contribution in [3.63, 3.8) is 0 Å². The molecule has 2 rings (SSSR count). The molecular formula is C9H6BrN3. The van der Waals surface area contributed by atoms with Gasteiger partial charge in [0.25, 0.3) is 0 Å². The molecule has 1 aliphatic carbocycles. The van der Waals surface area contributed by atoms with Gasteiger partial charge in [-0.3, -0.25) is 0 Å². The van der Waals surface area contributed by atoms with Crippen molar-refractivity contribution in [2.75, 3.05) is 0 Å². The minimum atomic E-state index is -0.131. The van der Waals surface area contributed by atoms with E-state index in [4.69, 9.17) is 5.53 Å². The van der Waals surface area contributed by atoms with Gasteiger partial charge >= 0.3 is 0 Å². The minimum absolute atomic E-state index is 0.131. The number of azide groups is 1. The number of fused-ring (bicyclic) bond motifs is 1. The lowest BCUT2D eigenvalue weighted by Gasteiger charge is -2.03. The van der Waals surface area contributed by atoms with Gasteiger partial charge in [-0.1, -0.05) is 39.3 Å². The third kappa shape index (κ3) is 1.46. The summed E-state index contributed by atoms with van der Waals surface area (Å²) in [4.78, 5) is 2.80. The van der Waals surface area contributed by atoms with E-state index < -0.39 is 0 Å². The zero-order valence-corrected chi connectivity index (χ0v) is 8.27. The summed E-state index contributed by atoms with van der Waals surface area (Å²) in [6, 6.07) is 5.80. The van der Waals surface area contributed by atoms with E-state index in [1.807, 2.05) is 30.4 Å². The van der Waals surface area contributed by atoms with E-state index in [0.29, 0.717) is 0 Å². The third-order valence-electron chi connectivity index (χ3n) is 2.00. The highest BCUT2D eigenvalue weighted by atomic mass is 79.9. The summed E-state index contributed by atoms with van der Waals surface area (Å²) in [7, 11) is 0. The number of hydrogen-bond acceptors (Lipinski definition) is 1. The SMILES string of the molecule is [N-]=[N+]=N[C@H]1C=Cc2cc(Br)ccc21. The molecule has 13 heavy (non-hydrogen) atoms. The average molecular weight is 236 g/mol. The minimum Gasteiger partial charge on any atom is -0.0818 e. The van der Waals surface area contributed by atoms with E-state index in [1.54, 1.807) is 0 Å². The number of rotatable bonds is 1. The Hall–Kier alpha value is -1.25. The van der Waals surface area contributed by atoms with Gasteiger partial charge in [0.1, 0.15) is 0 Å². The molecular weight excluding hydrogens is 230 g/mol. The predicted octanol–water partition coefficient (Wildman–Crippen LogP) is 3.83. The molecule has 0 amide bonds. The molecule has 0 radical (unpaired) electrons. The van der Waals surface area contributed by atoms with Crippen molar-refractivity contribution in [1.82, 2.24) is 0 Å². The van der Waals surface area contributed by atoms with Gasteiger partial charge in [0.05, 0.1) is 6.04 Å². The van der Waals surface area contributed by atoms with Crippen LogP contribution in [0.15, 0.2) is 33.9 Å². The number of nitrogens with zero attached hydrogens (tertiary/aromatic N) is 3. The molecule has 1 atom stereocenters. The van der Waals surface area contributed by atoms with E-state index in [0.717, 1.165) is 15.6 Å². The van der Waals surface area contributed by atoms with Gasteiger partial charge in [-0.25, -0.2) is 0 Å². The molecule has 0 aliphatic heterocycles. The lowest BCUT2D eigenvalue weighted by atomic mass is 10.1. The maximum absolute atomic E-state index is 8.32. The summed E-state index contributed by atoms with van der Waals surface area (Å²) in [6.07, 6.45) is 3.87. The Morgan fingerprint density at radius 2 is 2.31 bits per heavy atom. The van der Waals surface area contributed by atoms with Crippen molar-refractivity contribution < 1.29 is 0 Å². The molecule has 0 spiro atoms. The normalized spacial score (nSPS) is 18.1. The first-order chi connectivity index (χ1) is 6.31. The van der Waals surface area contributed by atoms with Crippen molar-refractivity contribution in [2.24, 2.45) is 5.11 Å². The molecule has 0 bridgehead atoms. The molecule has 1 aromatic rings. The van der Waals surface area contributed by atoms with Gasteiger partial charge in [-0.15, -0.1) is 0 Å². The number of benzene rings is 1. The van der Waals surface area contributed by atoms with Crippen LogP contribution in [0.2, 0.25) is 0 Å². The highest BCUT2D eigenvalue weighted by Crippen LogP contribution is 2.32. The summed E-state index contributed by atoms with van der Waals surface area (Å²) in [5, 5.41) is 3.67. The van der Waals surface area contributed by atoms with Gasteiger partial charge in [-0.2, -0.15) is 0 Å². The van der Waals surface area contributed by atoms with Gasteiger partial charge in [-0.05, 0) is 28.8 Å². The molecule has 0 saturated heterocycles. The highest BCUT2D eigenvalue weighted by molar-refractivity contribution is 9.10. The fourth-order valence-corrected chi connectivity index (χ4v) is 1.79. The lowest BCUT2D eigenvalue weighted by molar-refractivity contribution is 0.915. The van der Waals surface area contributed by atoms with Crippen molar-refractivity contribution in [3.8, 4) is 0 Å². The monoisotopic (exact) mass is 235 g/mol. The van der Waals surface area contributed by atoms with Crippen LogP contribution in [0.1, 0.15) is 17.2 Å². The zero-order chi connectivity index (χ0) is 9.26. The van der Waals surface area contributed by atoms with Crippen LogP contribution < -0.4 is 0 Å². The van der Waals surface area contributed by atoms with Crippen LogP contribution in [0, 0.1) is 0 Å². The Bertz CT molecular complexity index is 419. The first kappa shape index (κ1) is 8.35. The fraction of sp³-hybridized carbons (Fsp3) is 0.111. The molecule has 4 heteroatoms. The quantitative estimate of drug-likeness (QED) is 0.404. The summed E-state index contributed by atoms with van der Waals surface area (Å²) in [6.45, 7) is 0. The Balaban J connectivity index is 2.49. The molecule has 0 saturated carbocycles. The van der Waals surface area contributed by atoms with Crippen LogP contribution in [0.25, 0.3) is 16.5 Å². The van der Waals surface area contributed by atoms with E-state index in [1.165, 1.54) is 0 Å². The summed E-state index contributed by atoms with van der Waals surface area (Å²) in [5.41, 5.74) is 10.5. The van der Waals surface area contributed by atoms with Crippen LogP contribution in [0.5, 0.6) is 0 Å². The summed E-state index contributed by atoms with van der Waals surface area (Å²) >= 11 is 3.39. The van der Waals surface area contributed by atoms with Crippen LogP contribution in [0.4, 0.5) is 0 Å². The van der Waals surface area contributed by atoms with Crippen molar-refractivity contribution in [2.45, 2.75) is 6.04 Å². The molecule has 0 fully saturated rings. The molecule has 1 aromatic carbocycles. The van der Waals surface area contributed by atoms with E-state index in [9.17, 15) is 0 Å². The molecule has 0 aromatic heterocycles.